The molecule has 284 valence electrons. The Morgan fingerprint density at radius 2 is 0.957 bits per heavy atom. The smallest absolute Gasteiger partial charge is 0.460 e. The van der Waals surface area contributed by atoms with Crippen LogP contribution in [0.4, 0.5) is 74.6 Å². The van der Waals surface area contributed by atoms with Gasteiger partial charge in [0.1, 0.15) is 0 Å². The number of rotatable bonds is 23. The van der Waals surface area contributed by atoms with Crippen molar-refractivity contribution in [2.45, 2.75) is 66.9 Å². The van der Waals surface area contributed by atoms with Crippen molar-refractivity contribution in [3.8, 4) is 0 Å². The van der Waals surface area contributed by atoms with E-state index in [1.54, 1.807) is 0 Å². The van der Waals surface area contributed by atoms with Gasteiger partial charge in [0.2, 0.25) is 0 Å². The highest BCUT2D eigenvalue weighted by atomic mass is 32.2. The zero-order valence-corrected chi connectivity index (χ0v) is 24.7. The van der Waals surface area contributed by atoms with Crippen LogP contribution in [0.3, 0.4) is 0 Å². The summed E-state index contributed by atoms with van der Waals surface area (Å²) in [6, 6.07) is 0. The van der Waals surface area contributed by atoms with Gasteiger partial charge in [-0.15, -0.1) is 0 Å². The van der Waals surface area contributed by atoms with E-state index in [-0.39, 0.29) is 11.8 Å². The molecule has 0 aromatic rings. The van der Waals surface area contributed by atoms with Gasteiger partial charge in [0.25, 0.3) is 0 Å². The van der Waals surface area contributed by atoms with Crippen LogP contribution in [0.1, 0.15) is 19.3 Å². The lowest BCUT2D eigenvalue weighted by molar-refractivity contribution is -0.461. The van der Waals surface area contributed by atoms with Crippen molar-refractivity contribution in [2.75, 3.05) is 64.2 Å². The maximum Gasteiger partial charge on any atom is 0.460 e. The SMILES string of the molecule is NCCCOCCOCCOCCC[NH3+].O=C([O-])CSCCC(F)(F)C(F)(F)C(F)(F)C(F)(F)C(F)(F)C(F)(F)C(F)(F)C(F)(F)F. The molecule has 0 saturated carbocycles. The molecule has 0 saturated heterocycles. The van der Waals surface area contributed by atoms with Crippen molar-refractivity contribution in [2.24, 2.45) is 5.73 Å². The maximum absolute atomic E-state index is 13.4. The summed E-state index contributed by atoms with van der Waals surface area (Å²) in [7, 11) is 0. The van der Waals surface area contributed by atoms with Gasteiger partial charge in [-0.2, -0.15) is 86.4 Å². The highest BCUT2D eigenvalue weighted by Gasteiger charge is 2.95. The van der Waals surface area contributed by atoms with Crippen molar-refractivity contribution in [1.29, 1.82) is 0 Å². The van der Waals surface area contributed by atoms with E-state index >= 15 is 0 Å². The summed E-state index contributed by atoms with van der Waals surface area (Å²) < 4.78 is 236. The number of aliphatic carboxylic acids is 1. The minimum atomic E-state index is -8.66. The Kier molecular flexibility index (Phi) is 19.2. The molecule has 0 aliphatic rings. The molecule has 7 nitrogen and oxygen atoms in total. The number of quaternary nitrogens is 1. The first-order chi connectivity index (χ1) is 21.1. The average Bonchev–Trinajstić information content (AvgIpc) is 2.93. The first-order valence-corrected chi connectivity index (χ1v) is 14.0. The lowest BCUT2D eigenvalue weighted by Crippen LogP contribution is -2.74. The van der Waals surface area contributed by atoms with Crippen molar-refractivity contribution in [3.63, 3.8) is 0 Å². The molecule has 0 aliphatic heterocycles. The molecule has 0 aliphatic carbocycles. The molecular weight excluding hydrogens is 727 g/mol. The Bertz CT molecular complexity index is 900. The number of thioether (sulfide) groups is 1. The third-order valence-corrected chi connectivity index (χ3v) is 6.28. The Hall–Kier alpha value is -1.57. The molecule has 0 unspecified atom stereocenters. The van der Waals surface area contributed by atoms with Gasteiger partial charge >= 0.3 is 47.6 Å². The fourth-order valence-corrected chi connectivity index (χ4v) is 3.35. The van der Waals surface area contributed by atoms with Gasteiger partial charge in [-0.25, -0.2) is 0 Å². The zero-order chi connectivity index (χ0) is 37.6. The Balaban J connectivity index is 0. The van der Waals surface area contributed by atoms with Gasteiger partial charge in [-0.3, -0.25) is 0 Å². The third kappa shape index (κ3) is 12.1. The summed E-state index contributed by atoms with van der Waals surface area (Å²) in [4.78, 5) is 9.98. The van der Waals surface area contributed by atoms with Crippen molar-refractivity contribution >= 4 is 17.7 Å². The van der Waals surface area contributed by atoms with E-state index < -0.39 is 71.5 Å². The monoisotopic (exact) mass is 758 g/mol. The van der Waals surface area contributed by atoms with Crippen LogP contribution >= 0.6 is 11.8 Å². The molecule has 5 N–H and O–H groups in total. The molecule has 0 aromatic heterocycles. The normalized spacial score (nSPS) is 14.2. The lowest BCUT2D eigenvalue weighted by atomic mass is 9.88. The number of carboxylic acids is 1. The van der Waals surface area contributed by atoms with Gasteiger partial charge in [-0.05, 0) is 18.7 Å². The van der Waals surface area contributed by atoms with Gasteiger partial charge in [0.05, 0.1) is 45.5 Å². The molecule has 0 fully saturated rings. The van der Waals surface area contributed by atoms with E-state index in [2.05, 4.69) is 5.73 Å². The highest BCUT2D eigenvalue weighted by Crippen LogP contribution is 2.64. The number of alkyl halides is 17. The number of carbonyl (C=O) groups is 1. The van der Waals surface area contributed by atoms with E-state index in [0.29, 0.717) is 33.0 Å². The van der Waals surface area contributed by atoms with E-state index in [9.17, 15) is 84.5 Å². The number of hydrogen-bond acceptors (Lipinski definition) is 7. The van der Waals surface area contributed by atoms with Crippen LogP contribution in [0.2, 0.25) is 0 Å². The number of halogens is 17. The van der Waals surface area contributed by atoms with Crippen molar-refractivity contribution < 1.29 is 104 Å². The van der Waals surface area contributed by atoms with Crippen LogP contribution in [0, 0.1) is 0 Å². The Morgan fingerprint density at radius 3 is 1.32 bits per heavy atom. The number of nitrogens with two attached hydrogens (primary N) is 1. The average molecular weight is 759 g/mol. The van der Waals surface area contributed by atoms with Gasteiger partial charge in [0, 0.05) is 25.2 Å². The summed E-state index contributed by atoms with van der Waals surface area (Å²) in [6.07, 6.45) is -8.55. The second-order valence-corrected chi connectivity index (χ2v) is 10.1. The lowest BCUT2D eigenvalue weighted by Gasteiger charge is -2.42. The van der Waals surface area contributed by atoms with E-state index in [1.807, 2.05) is 0 Å². The minimum Gasteiger partial charge on any atom is -0.549 e. The molecule has 0 aromatic carbocycles. The van der Waals surface area contributed by atoms with Gasteiger partial charge < -0.3 is 35.6 Å². The van der Waals surface area contributed by atoms with Crippen LogP contribution in [0.15, 0.2) is 0 Å². The van der Waals surface area contributed by atoms with Crippen LogP contribution in [0.25, 0.3) is 0 Å². The first-order valence-electron chi connectivity index (χ1n) is 12.8. The summed E-state index contributed by atoms with van der Waals surface area (Å²) >= 11 is -0.262. The quantitative estimate of drug-likeness (QED) is 0.120. The number of ether oxygens (including phenoxy) is 3. The minimum absolute atomic E-state index is 0.262. The molecule has 0 bridgehead atoms. The Labute approximate surface area is 259 Å². The summed E-state index contributed by atoms with van der Waals surface area (Å²) in [6.45, 7) is 5.67. The number of hydrogen-bond donors (Lipinski definition) is 2. The molecular formula is C22H31F17N2O5S. The predicted molar refractivity (Wildman–Crippen MR) is 126 cm³/mol. The van der Waals surface area contributed by atoms with E-state index in [4.69, 9.17) is 19.9 Å². The molecule has 0 radical (unpaired) electrons. The molecule has 0 rings (SSSR count). The second kappa shape index (κ2) is 19.0. The van der Waals surface area contributed by atoms with Crippen LogP contribution in [0.5, 0.6) is 0 Å². The molecule has 0 amide bonds. The molecule has 0 spiro atoms. The highest BCUT2D eigenvalue weighted by molar-refractivity contribution is 7.99. The molecule has 47 heavy (non-hydrogen) atoms. The van der Waals surface area contributed by atoms with E-state index in [1.165, 1.54) is 0 Å². The fraction of sp³-hybridized carbons (Fsp3) is 0.955. The molecule has 0 atom stereocenters. The predicted octanol–water partition coefficient (Wildman–Crippen LogP) is 3.89. The topological polar surface area (TPSA) is 121 Å². The maximum atomic E-state index is 13.4. The first kappa shape index (κ1) is 47.5. The van der Waals surface area contributed by atoms with E-state index in [0.717, 1.165) is 32.6 Å². The summed E-state index contributed by atoms with van der Waals surface area (Å²) in [5.41, 5.74) is 9.05. The molecule has 25 heteroatoms. The van der Waals surface area contributed by atoms with Gasteiger partial charge in [-0.1, -0.05) is 0 Å². The number of carbonyl (C=O) groups excluding carboxylic acids is 1. The zero-order valence-electron chi connectivity index (χ0n) is 23.9. The molecule has 0 heterocycles. The standard InChI is InChI=1S/C12H7F17O2S.C10H24N2O3/c13-5(14,1-2-32-3-4(30)31)6(15,16)7(17,18)8(19,20)9(21,22)10(23,24)11(25,26)12(27,28)29;11-3-1-5-13-7-9-15-10-8-14-6-2-4-12/h1-3H2,(H,30,31);1-12H2. The van der Waals surface area contributed by atoms with Crippen LogP contribution in [-0.2, 0) is 19.0 Å². The third-order valence-electron chi connectivity index (χ3n) is 5.34. The summed E-state index contributed by atoms with van der Waals surface area (Å²) in [5.74, 6) is -61.4. The van der Waals surface area contributed by atoms with Crippen LogP contribution < -0.4 is 16.6 Å². The van der Waals surface area contributed by atoms with Gasteiger partial charge in [0.15, 0.2) is 0 Å². The summed E-state index contributed by atoms with van der Waals surface area (Å²) in [5, 5.41) is 9.98. The largest absolute Gasteiger partial charge is 0.549 e. The fourth-order valence-electron chi connectivity index (χ4n) is 2.64. The van der Waals surface area contributed by atoms with Crippen molar-refractivity contribution in [1.82, 2.24) is 0 Å². The van der Waals surface area contributed by atoms with Crippen LogP contribution in [-0.4, -0.2) is 118 Å². The number of carboxylic acid groups (broad SMARTS) is 1. The Morgan fingerprint density at radius 1 is 0.596 bits per heavy atom. The van der Waals surface area contributed by atoms with Crippen molar-refractivity contribution in [3.05, 3.63) is 0 Å². The second-order valence-electron chi connectivity index (χ2n) is 9.01.